The molecule has 0 fully saturated rings. The molecule has 1 aromatic heterocycles. The van der Waals surface area contributed by atoms with Crippen LogP contribution in [0, 0.1) is 13.8 Å². The maximum absolute atomic E-state index is 12.7. The summed E-state index contributed by atoms with van der Waals surface area (Å²) in [5.74, 6) is 0.211. The van der Waals surface area contributed by atoms with E-state index in [0.717, 1.165) is 27.6 Å². The summed E-state index contributed by atoms with van der Waals surface area (Å²) < 4.78 is 10.9. The van der Waals surface area contributed by atoms with E-state index >= 15 is 0 Å². The highest BCUT2D eigenvalue weighted by molar-refractivity contribution is 5.82. The molecule has 0 bridgehead atoms. The molecule has 0 aliphatic carbocycles. The summed E-state index contributed by atoms with van der Waals surface area (Å²) in [6.45, 7) is 3.72. The van der Waals surface area contributed by atoms with Crippen LogP contribution >= 0.6 is 0 Å². The molecule has 1 unspecified atom stereocenters. The quantitative estimate of drug-likeness (QED) is 0.466. The third-order valence-corrected chi connectivity index (χ3v) is 5.14. The summed E-state index contributed by atoms with van der Waals surface area (Å²) in [4.78, 5) is 24.3. The van der Waals surface area contributed by atoms with Gasteiger partial charge in [-0.2, -0.15) is 0 Å². The molecular formula is C26H23NO4. The molecule has 0 aliphatic heterocycles. The van der Waals surface area contributed by atoms with Crippen molar-refractivity contribution in [2.75, 3.05) is 6.61 Å². The highest BCUT2D eigenvalue weighted by Crippen LogP contribution is 2.24. The molecule has 4 rings (SSSR count). The molecule has 156 valence electrons. The van der Waals surface area contributed by atoms with Gasteiger partial charge >= 0.3 is 5.63 Å². The monoisotopic (exact) mass is 413 g/mol. The van der Waals surface area contributed by atoms with Crippen LogP contribution in [-0.4, -0.2) is 12.5 Å². The summed E-state index contributed by atoms with van der Waals surface area (Å²) in [5, 5.41) is 3.89. The van der Waals surface area contributed by atoms with Crippen LogP contribution in [0.4, 0.5) is 0 Å². The Morgan fingerprint density at radius 2 is 1.65 bits per heavy atom. The molecule has 1 heterocycles. The van der Waals surface area contributed by atoms with Crippen molar-refractivity contribution < 1.29 is 13.9 Å². The van der Waals surface area contributed by atoms with Crippen molar-refractivity contribution in [3.63, 3.8) is 0 Å². The molecule has 5 nitrogen and oxygen atoms in total. The largest absolute Gasteiger partial charge is 0.484 e. The van der Waals surface area contributed by atoms with Gasteiger partial charge in [-0.3, -0.25) is 4.79 Å². The van der Waals surface area contributed by atoms with Gasteiger partial charge in [-0.25, -0.2) is 4.79 Å². The number of ether oxygens (including phenoxy) is 1. The van der Waals surface area contributed by atoms with Crippen molar-refractivity contribution in [2.45, 2.75) is 19.9 Å². The minimum atomic E-state index is -0.413. The van der Waals surface area contributed by atoms with Crippen LogP contribution in [0.3, 0.4) is 0 Å². The predicted molar refractivity (Wildman–Crippen MR) is 120 cm³/mol. The van der Waals surface area contributed by atoms with Gasteiger partial charge in [0.1, 0.15) is 11.3 Å². The first kappa shape index (κ1) is 20.4. The van der Waals surface area contributed by atoms with Crippen LogP contribution in [-0.2, 0) is 4.79 Å². The van der Waals surface area contributed by atoms with Crippen LogP contribution < -0.4 is 15.7 Å². The van der Waals surface area contributed by atoms with E-state index in [0.29, 0.717) is 11.3 Å². The Morgan fingerprint density at radius 3 is 2.39 bits per heavy atom. The second kappa shape index (κ2) is 8.88. The van der Waals surface area contributed by atoms with Crippen LogP contribution in [0.25, 0.3) is 11.0 Å². The maximum atomic E-state index is 12.7. The van der Waals surface area contributed by atoms with E-state index in [1.807, 2.05) is 74.5 Å². The molecule has 1 atom stereocenters. The van der Waals surface area contributed by atoms with Crippen LogP contribution in [0.5, 0.6) is 5.75 Å². The van der Waals surface area contributed by atoms with Gasteiger partial charge in [-0.05, 0) is 42.7 Å². The number of fused-ring (bicyclic) bond motifs is 1. The fraction of sp³-hybridized carbons (Fsp3) is 0.154. The zero-order chi connectivity index (χ0) is 21.8. The van der Waals surface area contributed by atoms with Crippen LogP contribution in [0.1, 0.15) is 28.3 Å². The fourth-order valence-electron chi connectivity index (χ4n) is 3.51. The number of aryl methyl sites for hydroxylation is 2. The lowest BCUT2D eigenvalue weighted by molar-refractivity contribution is -0.123. The molecule has 31 heavy (non-hydrogen) atoms. The molecular weight excluding hydrogens is 390 g/mol. The Labute approximate surface area is 180 Å². The van der Waals surface area contributed by atoms with Gasteiger partial charge < -0.3 is 14.5 Å². The zero-order valence-electron chi connectivity index (χ0n) is 17.4. The zero-order valence-corrected chi connectivity index (χ0v) is 17.4. The Morgan fingerprint density at radius 1 is 0.935 bits per heavy atom. The van der Waals surface area contributed by atoms with Crippen LogP contribution in [0.2, 0.25) is 0 Å². The highest BCUT2D eigenvalue weighted by atomic mass is 16.5. The SMILES string of the molecule is Cc1ccc(C(NC(=O)COc2ccc3c(C)cc(=O)oc3c2)c2ccccc2)cc1. The summed E-state index contributed by atoms with van der Waals surface area (Å²) in [5.41, 5.74) is 3.99. The number of benzene rings is 3. The third kappa shape index (κ3) is 4.83. The summed E-state index contributed by atoms with van der Waals surface area (Å²) in [6, 6.07) is 24.3. The topological polar surface area (TPSA) is 68.5 Å². The first-order valence-corrected chi connectivity index (χ1v) is 10.1. The lowest BCUT2D eigenvalue weighted by Gasteiger charge is -2.20. The summed E-state index contributed by atoms with van der Waals surface area (Å²) >= 11 is 0. The Bertz CT molecular complexity index is 1260. The third-order valence-electron chi connectivity index (χ3n) is 5.14. The summed E-state index contributed by atoms with van der Waals surface area (Å²) in [7, 11) is 0. The number of carbonyl (C=O) groups excluding carboxylic acids is 1. The van der Waals surface area contributed by atoms with Gasteiger partial charge in [0.2, 0.25) is 0 Å². The van der Waals surface area contributed by atoms with Crippen molar-refractivity contribution in [3.05, 3.63) is 112 Å². The van der Waals surface area contributed by atoms with Crippen molar-refractivity contribution in [1.29, 1.82) is 0 Å². The van der Waals surface area contributed by atoms with Gasteiger partial charge in [0, 0.05) is 17.5 Å². The average Bonchev–Trinajstić information content (AvgIpc) is 2.77. The molecule has 5 heteroatoms. The predicted octanol–water partition coefficient (Wildman–Crippen LogP) is 4.69. The minimum absolute atomic E-state index is 0.156. The molecule has 0 spiro atoms. The van der Waals surface area contributed by atoms with E-state index in [2.05, 4.69) is 5.32 Å². The first-order chi connectivity index (χ1) is 15.0. The number of carbonyl (C=O) groups is 1. The second-order valence-corrected chi connectivity index (χ2v) is 7.52. The molecule has 0 radical (unpaired) electrons. The van der Waals surface area contributed by atoms with Gasteiger partial charge in [0.15, 0.2) is 6.61 Å². The maximum Gasteiger partial charge on any atom is 0.336 e. The van der Waals surface area contributed by atoms with E-state index in [9.17, 15) is 9.59 Å². The molecule has 0 saturated carbocycles. The Kier molecular flexibility index (Phi) is 5.85. The van der Waals surface area contributed by atoms with E-state index in [4.69, 9.17) is 9.15 Å². The second-order valence-electron chi connectivity index (χ2n) is 7.52. The Balaban J connectivity index is 1.50. The number of hydrogen-bond donors (Lipinski definition) is 1. The van der Waals surface area contributed by atoms with Gasteiger partial charge in [0.25, 0.3) is 5.91 Å². The lowest BCUT2D eigenvalue weighted by Crippen LogP contribution is -2.33. The number of amides is 1. The average molecular weight is 413 g/mol. The van der Waals surface area contributed by atoms with E-state index < -0.39 is 5.63 Å². The summed E-state index contributed by atoms with van der Waals surface area (Å²) in [6.07, 6.45) is 0. The van der Waals surface area contributed by atoms with Crippen LogP contribution in [0.15, 0.2) is 88.1 Å². The van der Waals surface area contributed by atoms with Crippen molar-refractivity contribution in [2.24, 2.45) is 0 Å². The number of rotatable bonds is 6. The van der Waals surface area contributed by atoms with E-state index in [1.54, 1.807) is 12.1 Å². The van der Waals surface area contributed by atoms with Gasteiger partial charge in [-0.15, -0.1) is 0 Å². The van der Waals surface area contributed by atoms with E-state index in [1.165, 1.54) is 6.07 Å². The lowest BCUT2D eigenvalue weighted by atomic mass is 9.98. The smallest absolute Gasteiger partial charge is 0.336 e. The normalized spacial score (nSPS) is 11.8. The number of hydrogen-bond acceptors (Lipinski definition) is 4. The first-order valence-electron chi connectivity index (χ1n) is 10.1. The van der Waals surface area contributed by atoms with Crippen molar-refractivity contribution in [1.82, 2.24) is 5.32 Å². The molecule has 3 aromatic carbocycles. The number of nitrogens with one attached hydrogen (secondary N) is 1. The fourth-order valence-corrected chi connectivity index (χ4v) is 3.51. The van der Waals surface area contributed by atoms with Crippen molar-refractivity contribution in [3.8, 4) is 5.75 Å². The molecule has 0 saturated heterocycles. The molecule has 0 aliphatic rings. The molecule has 1 N–H and O–H groups in total. The Hall–Kier alpha value is -3.86. The van der Waals surface area contributed by atoms with E-state index in [-0.39, 0.29) is 18.6 Å². The van der Waals surface area contributed by atoms with Gasteiger partial charge in [0.05, 0.1) is 6.04 Å². The van der Waals surface area contributed by atoms with Gasteiger partial charge in [-0.1, -0.05) is 60.2 Å². The molecule has 4 aromatic rings. The minimum Gasteiger partial charge on any atom is -0.484 e. The highest BCUT2D eigenvalue weighted by Gasteiger charge is 2.17. The molecule has 1 amide bonds. The standard InChI is InChI=1S/C26H23NO4/c1-17-8-10-20(11-9-17)26(19-6-4-3-5-7-19)27-24(28)16-30-21-12-13-22-18(2)14-25(29)31-23(22)15-21/h3-15,26H,16H2,1-2H3,(H,27,28). The van der Waals surface area contributed by atoms with Crippen molar-refractivity contribution >= 4 is 16.9 Å².